The highest BCUT2D eigenvalue weighted by atomic mass is 16.3. The van der Waals surface area contributed by atoms with Crippen LogP contribution in [0, 0.1) is 11.3 Å². The first-order chi connectivity index (χ1) is 5.75. The van der Waals surface area contributed by atoms with E-state index in [0.29, 0.717) is 18.8 Å². The van der Waals surface area contributed by atoms with Gasteiger partial charge >= 0.3 is 0 Å². The molecule has 76 valence electrons. The van der Waals surface area contributed by atoms with Crippen molar-refractivity contribution in [3.8, 4) is 0 Å². The molecule has 0 saturated heterocycles. The van der Waals surface area contributed by atoms with Gasteiger partial charge in [0.05, 0.1) is 0 Å². The van der Waals surface area contributed by atoms with Crippen molar-refractivity contribution in [3.05, 3.63) is 0 Å². The minimum atomic E-state index is -1.28. The zero-order valence-corrected chi connectivity index (χ0v) is 8.63. The summed E-state index contributed by atoms with van der Waals surface area (Å²) in [6.07, 6.45) is 2.04. The Bertz CT molecular complexity index is 225. The molecule has 1 saturated carbocycles. The summed E-state index contributed by atoms with van der Waals surface area (Å²) in [5.74, 6) is -0.214. The maximum Gasteiger partial charge on any atom is 0.249 e. The molecule has 1 aliphatic rings. The quantitative estimate of drug-likeness (QED) is 0.641. The van der Waals surface area contributed by atoms with Crippen molar-refractivity contribution in [2.45, 2.75) is 45.6 Å². The normalized spacial score (nSPS) is 38.6. The zero-order chi connectivity index (χ0) is 10.3. The first kappa shape index (κ1) is 10.5. The molecule has 3 nitrogen and oxygen atoms in total. The van der Waals surface area contributed by atoms with E-state index in [2.05, 4.69) is 20.8 Å². The molecule has 0 heterocycles. The standard InChI is InChI=1S/C10H19NO2/c1-7-4-9(2,3)6-10(13,5-7)8(11)12/h7,13H,4-6H2,1-3H3,(H2,11,12). The van der Waals surface area contributed by atoms with Crippen LogP contribution in [0.2, 0.25) is 0 Å². The Morgan fingerprint density at radius 2 is 2.00 bits per heavy atom. The molecule has 0 aromatic heterocycles. The topological polar surface area (TPSA) is 63.3 Å². The number of hydrogen-bond acceptors (Lipinski definition) is 2. The Hall–Kier alpha value is -0.570. The molecular formula is C10H19NO2. The van der Waals surface area contributed by atoms with Crippen molar-refractivity contribution in [3.63, 3.8) is 0 Å². The zero-order valence-electron chi connectivity index (χ0n) is 8.63. The molecule has 3 N–H and O–H groups in total. The summed E-state index contributed by atoms with van der Waals surface area (Å²) in [5, 5.41) is 9.98. The van der Waals surface area contributed by atoms with Gasteiger partial charge in [0.25, 0.3) is 0 Å². The molecular weight excluding hydrogens is 166 g/mol. The Labute approximate surface area is 79.3 Å². The third-order valence-electron chi connectivity index (χ3n) is 2.82. The molecule has 1 fully saturated rings. The molecule has 2 atom stereocenters. The van der Waals surface area contributed by atoms with Crippen molar-refractivity contribution >= 4 is 5.91 Å². The van der Waals surface area contributed by atoms with Gasteiger partial charge in [-0.3, -0.25) is 4.79 Å². The van der Waals surface area contributed by atoms with Crippen LogP contribution in [-0.2, 0) is 4.79 Å². The van der Waals surface area contributed by atoms with Crippen molar-refractivity contribution in [2.24, 2.45) is 17.1 Å². The molecule has 1 rings (SSSR count). The summed E-state index contributed by atoms with van der Waals surface area (Å²) in [6.45, 7) is 6.18. The van der Waals surface area contributed by atoms with E-state index in [9.17, 15) is 9.90 Å². The number of rotatable bonds is 1. The predicted molar refractivity (Wildman–Crippen MR) is 50.9 cm³/mol. The van der Waals surface area contributed by atoms with Crippen LogP contribution < -0.4 is 5.73 Å². The number of hydrogen-bond donors (Lipinski definition) is 2. The van der Waals surface area contributed by atoms with Gasteiger partial charge in [-0.05, 0) is 30.6 Å². The molecule has 13 heavy (non-hydrogen) atoms. The summed E-state index contributed by atoms with van der Waals surface area (Å²) in [6, 6.07) is 0. The Morgan fingerprint density at radius 1 is 1.46 bits per heavy atom. The lowest BCUT2D eigenvalue weighted by Crippen LogP contribution is -2.51. The lowest BCUT2D eigenvalue weighted by Gasteiger charge is -2.42. The molecule has 0 aromatic rings. The van der Waals surface area contributed by atoms with Gasteiger partial charge in [-0.1, -0.05) is 20.8 Å². The van der Waals surface area contributed by atoms with Gasteiger partial charge in [0.15, 0.2) is 0 Å². The van der Waals surface area contributed by atoms with Crippen molar-refractivity contribution < 1.29 is 9.90 Å². The van der Waals surface area contributed by atoms with Crippen LogP contribution in [0.3, 0.4) is 0 Å². The monoisotopic (exact) mass is 185 g/mol. The lowest BCUT2D eigenvalue weighted by molar-refractivity contribution is -0.146. The third kappa shape index (κ3) is 2.21. The van der Waals surface area contributed by atoms with Crippen LogP contribution in [0.5, 0.6) is 0 Å². The number of amides is 1. The molecule has 1 aliphatic carbocycles. The SMILES string of the molecule is CC1CC(C)(C)CC(O)(C(N)=O)C1. The summed E-state index contributed by atoms with van der Waals surface area (Å²) >= 11 is 0. The molecule has 1 amide bonds. The second kappa shape index (κ2) is 2.98. The van der Waals surface area contributed by atoms with Gasteiger partial charge < -0.3 is 10.8 Å². The second-order valence-electron chi connectivity index (χ2n) is 5.25. The van der Waals surface area contributed by atoms with Crippen LogP contribution in [-0.4, -0.2) is 16.6 Å². The van der Waals surface area contributed by atoms with Crippen LogP contribution in [0.4, 0.5) is 0 Å². The first-order valence-corrected chi connectivity index (χ1v) is 4.77. The highest BCUT2D eigenvalue weighted by molar-refractivity contribution is 5.83. The fraction of sp³-hybridized carbons (Fsp3) is 0.900. The fourth-order valence-electron chi connectivity index (χ4n) is 2.72. The summed E-state index contributed by atoms with van der Waals surface area (Å²) in [5.41, 5.74) is 3.93. The molecule has 0 aliphatic heterocycles. The van der Waals surface area contributed by atoms with E-state index in [0.717, 1.165) is 6.42 Å². The molecule has 0 spiro atoms. The molecule has 2 unspecified atom stereocenters. The highest BCUT2D eigenvalue weighted by Crippen LogP contribution is 2.43. The van der Waals surface area contributed by atoms with Gasteiger partial charge in [-0.15, -0.1) is 0 Å². The van der Waals surface area contributed by atoms with Gasteiger partial charge in [0.2, 0.25) is 5.91 Å². The smallest absolute Gasteiger partial charge is 0.249 e. The molecule has 3 heteroatoms. The number of carbonyl (C=O) groups excluding carboxylic acids is 1. The van der Waals surface area contributed by atoms with Gasteiger partial charge in [-0.2, -0.15) is 0 Å². The van der Waals surface area contributed by atoms with Crippen LogP contribution in [0.1, 0.15) is 40.0 Å². The maximum atomic E-state index is 11.1. The van der Waals surface area contributed by atoms with Crippen molar-refractivity contribution in [1.82, 2.24) is 0 Å². The summed E-state index contributed by atoms with van der Waals surface area (Å²) in [4.78, 5) is 11.1. The second-order valence-corrected chi connectivity index (χ2v) is 5.25. The molecule has 0 aromatic carbocycles. The van der Waals surface area contributed by atoms with Crippen LogP contribution >= 0.6 is 0 Å². The van der Waals surface area contributed by atoms with Gasteiger partial charge in [-0.25, -0.2) is 0 Å². The van der Waals surface area contributed by atoms with E-state index in [1.807, 2.05) is 0 Å². The highest BCUT2D eigenvalue weighted by Gasteiger charge is 2.45. The van der Waals surface area contributed by atoms with Crippen LogP contribution in [0.25, 0.3) is 0 Å². The predicted octanol–water partition coefficient (Wildman–Crippen LogP) is 1.05. The van der Waals surface area contributed by atoms with E-state index in [4.69, 9.17) is 5.73 Å². The number of nitrogens with two attached hydrogens (primary N) is 1. The number of primary amides is 1. The average molecular weight is 185 g/mol. The number of carbonyl (C=O) groups is 1. The third-order valence-corrected chi connectivity index (χ3v) is 2.82. The van der Waals surface area contributed by atoms with Crippen LogP contribution in [0.15, 0.2) is 0 Å². The largest absolute Gasteiger partial charge is 0.380 e. The van der Waals surface area contributed by atoms with E-state index < -0.39 is 11.5 Å². The summed E-state index contributed by atoms with van der Waals surface area (Å²) in [7, 11) is 0. The van der Waals surface area contributed by atoms with E-state index in [-0.39, 0.29) is 5.41 Å². The molecule has 0 radical (unpaired) electrons. The fourth-order valence-corrected chi connectivity index (χ4v) is 2.72. The van der Waals surface area contributed by atoms with Crippen molar-refractivity contribution in [2.75, 3.05) is 0 Å². The Balaban J connectivity index is 2.84. The van der Waals surface area contributed by atoms with Crippen molar-refractivity contribution in [1.29, 1.82) is 0 Å². The minimum Gasteiger partial charge on any atom is -0.380 e. The lowest BCUT2D eigenvalue weighted by atomic mass is 9.65. The van der Waals surface area contributed by atoms with E-state index in [1.165, 1.54) is 0 Å². The van der Waals surface area contributed by atoms with E-state index >= 15 is 0 Å². The first-order valence-electron chi connectivity index (χ1n) is 4.77. The maximum absolute atomic E-state index is 11.1. The van der Waals surface area contributed by atoms with E-state index in [1.54, 1.807) is 0 Å². The Kier molecular flexibility index (Phi) is 2.41. The van der Waals surface area contributed by atoms with Gasteiger partial charge in [0, 0.05) is 0 Å². The van der Waals surface area contributed by atoms with Gasteiger partial charge in [0.1, 0.15) is 5.60 Å². The minimum absolute atomic E-state index is 0.0153. The average Bonchev–Trinajstić information content (AvgIpc) is 1.79. The number of aliphatic hydroxyl groups is 1. The molecule has 0 bridgehead atoms. The Morgan fingerprint density at radius 3 is 2.38 bits per heavy atom. The summed E-state index contributed by atoms with van der Waals surface area (Å²) < 4.78 is 0.